The molecule has 0 saturated heterocycles. The van der Waals surface area contributed by atoms with Crippen LogP contribution in [-0.2, 0) is 21.2 Å². The minimum atomic E-state index is -0.944. The van der Waals surface area contributed by atoms with Gasteiger partial charge in [-0.15, -0.1) is 54.5 Å². The van der Waals surface area contributed by atoms with Crippen LogP contribution in [0.15, 0.2) is 42.5 Å². The van der Waals surface area contributed by atoms with E-state index in [4.69, 9.17) is 13.5 Å². The van der Waals surface area contributed by atoms with Gasteiger partial charge < -0.3 is 24.6 Å². The molecule has 0 bridgehead atoms. The van der Waals surface area contributed by atoms with Gasteiger partial charge in [-0.2, -0.15) is 17.5 Å². The fraction of sp³-hybridized carbons (Fsp3) is 0.154. The first-order valence-corrected chi connectivity index (χ1v) is 8.27. The first-order chi connectivity index (χ1) is 8.29. The Bertz CT molecular complexity index is 388. The fourth-order valence-electron chi connectivity index (χ4n) is 1.07. The van der Waals surface area contributed by atoms with Crippen molar-refractivity contribution in [1.29, 1.82) is 0 Å². The van der Waals surface area contributed by atoms with Gasteiger partial charge in [0.25, 0.3) is 0 Å². The molecule has 0 aliphatic rings. The molecule has 0 aliphatic heterocycles. The largest absolute Gasteiger partial charge is 0.168 e. The first-order valence-electron chi connectivity index (χ1n) is 4.79. The zero-order valence-corrected chi connectivity index (χ0v) is 15.8. The Morgan fingerprint density at radius 3 is 2.05 bits per heavy atom. The van der Waals surface area contributed by atoms with Crippen molar-refractivity contribution in [3.63, 3.8) is 0 Å². The average molecular weight is 372 g/mol. The summed E-state index contributed by atoms with van der Waals surface area (Å²) in [7, 11) is 3.75. The van der Waals surface area contributed by atoms with Crippen LogP contribution in [0.5, 0.6) is 0 Å². The molecule has 7 heteroatoms. The quantitative estimate of drug-likeness (QED) is 0.553. The van der Waals surface area contributed by atoms with Gasteiger partial charge >= 0.3 is 28.8 Å². The topological polar surface area (TPSA) is 57.5 Å². The van der Waals surface area contributed by atoms with Gasteiger partial charge in [0, 0.05) is 7.11 Å². The molecule has 0 spiro atoms. The maximum absolute atomic E-state index is 8.97. The van der Waals surface area contributed by atoms with Gasteiger partial charge in [-0.3, -0.25) is 0 Å². The number of hydrogen-bond donors (Lipinski definition) is 2. The van der Waals surface area contributed by atoms with Crippen LogP contribution in [0.2, 0.25) is 0 Å². The average Bonchev–Trinajstić information content (AvgIpc) is 2.82. The molecule has 0 saturated carbocycles. The predicted octanol–water partition coefficient (Wildman–Crippen LogP) is 2.77. The van der Waals surface area contributed by atoms with E-state index in [-0.39, 0.29) is 38.8 Å². The molecule has 0 fully saturated rings. The van der Waals surface area contributed by atoms with Gasteiger partial charge in [0.1, 0.15) is 0 Å². The van der Waals surface area contributed by atoms with Crippen LogP contribution in [-0.4, -0.2) is 31.6 Å². The Morgan fingerprint density at radius 2 is 1.65 bits per heavy atom. The Morgan fingerprint density at radius 1 is 1.25 bits per heavy atom. The summed E-state index contributed by atoms with van der Waals surface area (Å²) in [5, 5.41) is 17.1. The van der Waals surface area contributed by atoms with E-state index in [0.29, 0.717) is 0 Å². The maximum atomic E-state index is 8.97. The smallest absolute Gasteiger partial charge is 0.0809 e. The van der Waals surface area contributed by atoms with Crippen LogP contribution in [0, 0.1) is 14.4 Å². The number of hydrogen-bond acceptors (Lipinski definition) is 3. The third-order valence-electron chi connectivity index (χ3n) is 1.55. The van der Waals surface area contributed by atoms with E-state index in [1.807, 2.05) is 0 Å². The molecule has 0 aliphatic carbocycles. The van der Waals surface area contributed by atoms with Crippen LogP contribution in [0.3, 0.4) is 0 Å². The Balaban J connectivity index is -0.0000000600. The summed E-state index contributed by atoms with van der Waals surface area (Å²) in [6.07, 6.45) is 0. The van der Waals surface area contributed by atoms with Crippen molar-refractivity contribution >= 4 is 43.2 Å². The van der Waals surface area contributed by atoms with E-state index in [1.54, 1.807) is 0 Å². The Kier molecular flexibility index (Phi) is 44.0. The standard InChI is InChI=1S/C9H7.C2H5O.CH4O.CH3.2ClH.O.Si.Ti/c1-2-5-9-7-3-6-8(9)4-1;1-2-3;1-2;;;;;;/h1-7H;3H,1-2H2;2H,1H3;1H3;2*1H;;;/q2*-1;;-1;;;;;. The summed E-state index contributed by atoms with van der Waals surface area (Å²) in [5.41, 5.74) is 0. The number of fused-ring (bicyclic) bond motifs is 1. The van der Waals surface area contributed by atoms with Gasteiger partial charge in [0.05, 0.1) is 0 Å². The van der Waals surface area contributed by atoms with E-state index < -0.39 is 17.9 Å². The van der Waals surface area contributed by atoms with Crippen LogP contribution in [0.25, 0.3) is 10.8 Å². The molecule has 3 nitrogen and oxygen atoms in total. The second-order valence-electron chi connectivity index (χ2n) is 2.48. The zero-order valence-electron chi connectivity index (χ0n) is 11.6. The van der Waals surface area contributed by atoms with Gasteiger partial charge in [-0.1, -0.05) is 12.7 Å². The van der Waals surface area contributed by atoms with Crippen molar-refractivity contribution in [2.75, 3.05) is 13.7 Å². The number of halogens is 2. The maximum Gasteiger partial charge on any atom is -0.0809 e. The summed E-state index contributed by atoms with van der Waals surface area (Å²) in [4.78, 5) is 0. The first kappa shape index (κ1) is 32.1. The van der Waals surface area contributed by atoms with E-state index in [0.717, 1.165) is 7.11 Å². The van der Waals surface area contributed by atoms with Crippen molar-refractivity contribution in [2.45, 2.75) is 0 Å². The Labute approximate surface area is 144 Å². The van der Waals surface area contributed by atoms with Gasteiger partial charge in [0.2, 0.25) is 0 Å². The number of aliphatic hydroxyl groups is 2. The number of aliphatic hydroxyl groups excluding tert-OH is 2. The molecule has 2 aromatic carbocycles. The normalized spacial score (nSPS) is 6.20. The van der Waals surface area contributed by atoms with Crippen LogP contribution in [0.4, 0.5) is 0 Å². The van der Waals surface area contributed by atoms with Crippen molar-refractivity contribution in [3.05, 3.63) is 56.8 Å². The second-order valence-corrected chi connectivity index (χ2v) is 3.64. The number of rotatable bonds is 0. The van der Waals surface area contributed by atoms with Crippen molar-refractivity contribution in [2.24, 2.45) is 0 Å². The summed E-state index contributed by atoms with van der Waals surface area (Å²) >= 11 is -0.944. The van der Waals surface area contributed by atoms with E-state index in [9.17, 15) is 0 Å². The summed E-state index contributed by atoms with van der Waals surface area (Å²) < 4.78 is 8.97. The molecule has 2 aromatic rings. The van der Waals surface area contributed by atoms with Crippen LogP contribution in [0.1, 0.15) is 0 Å². The molecular formula is C13H21Cl2O3SiTi-3. The molecule has 0 aromatic heterocycles. The van der Waals surface area contributed by atoms with Gasteiger partial charge in [-0.25, -0.2) is 0 Å². The minimum Gasteiger partial charge on any atom is -0.168 e. The molecule has 116 valence electrons. The van der Waals surface area contributed by atoms with Crippen molar-refractivity contribution in [3.8, 4) is 0 Å². The summed E-state index contributed by atoms with van der Waals surface area (Å²) in [5.74, 6) is 0. The zero-order chi connectivity index (χ0) is 13.5. The van der Waals surface area contributed by atoms with Crippen molar-refractivity contribution < 1.29 is 31.4 Å². The molecule has 0 amide bonds. The minimum absolute atomic E-state index is 0. The van der Waals surface area contributed by atoms with E-state index in [2.05, 4.69) is 57.0 Å². The second kappa shape index (κ2) is 27.4. The third kappa shape index (κ3) is 18.1. The molecule has 0 unspecified atom stereocenters. The third-order valence-corrected chi connectivity index (χ3v) is 1.55. The van der Waals surface area contributed by atoms with Gasteiger partial charge in [0.15, 0.2) is 0 Å². The monoisotopic (exact) mass is 371 g/mol. The number of benzene rings is 1. The van der Waals surface area contributed by atoms with E-state index in [1.165, 1.54) is 10.8 Å². The summed E-state index contributed by atoms with van der Waals surface area (Å²) in [6, 6.07) is 14.7. The predicted molar refractivity (Wildman–Crippen MR) is 87.5 cm³/mol. The van der Waals surface area contributed by atoms with E-state index >= 15 is 0 Å². The molecule has 20 heavy (non-hydrogen) atoms. The van der Waals surface area contributed by atoms with Gasteiger partial charge in [-0.05, 0) is 0 Å². The SMILES string of the molecule is CO.Cl.Cl.[CH2-]CO.[CH3-].[O]=[Ti]=[Si].c1ccc2[cH-]ccc2c1. The molecule has 0 atom stereocenters. The fourth-order valence-corrected chi connectivity index (χ4v) is 1.07. The molecule has 2 rings (SSSR count). The van der Waals surface area contributed by atoms with Crippen LogP contribution < -0.4 is 0 Å². The summed E-state index contributed by atoms with van der Waals surface area (Å²) in [6.45, 7) is 3.04. The molecule has 0 heterocycles. The molecule has 2 radical (unpaired) electrons. The van der Waals surface area contributed by atoms with Crippen molar-refractivity contribution in [1.82, 2.24) is 0 Å². The molecular weight excluding hydrogens is 351 g/mol. The molecule has 2 N–H and O–H groups in total. The van der Waals surface area contributed by atoms with Crippen LogP contribution >= 0.6 is 24.8 Å². The Hall–Kier alpha value is 0.0612.